The van der Waals surface area contributed by atoms with Gasteiger partial charge < -0.3 is 11.1 Å². The predicted octanol–water partition coefficient (Wildman–Crippen LogP) is 2.53. The number of benzene rings is 1. The van der Waals surface area contributed by atoms with E-state index in [2.05, 4.69) is 37.6 Å². The fraction of sp³-hybridized carbons (Fsp3) is 0.500. The minimum Gasteiger partial charge on any atom is -0.398 e. The van der Waals surface area contributed by atoms with Gasteiger partial charge in [-0.15, -0.1) is 11.8 Å². The Labute approximate surface area is 96.6 Å². The van der Waals surface area contributed by atoms with E-state index in [-0.39, 0.29) is 5.54 Å². The first-order chi connectivity index (χ1) is 6.98. The molecule has 0 unspecified atom stereocenters. The van der Waals surface area contributed by atoms with E-state index in [0.717, 1.165) is 12.1 Å². The number of hydrogen-bond donors (Lipinski definition) is 2. The molecule has 3 N–H and O–H groups in total. The molecule has 1 rings (SSSR count). The standard InChI is InChI=1S/C12H20N2S/c1-12(2,14-3)8-9-5-6-10(13)11(7-9)15-4/h5-7,14H,8,13H2,1-4H3. The number of nitrogens with one attached hydrogen (secondary N) is 1. The molecule has 0 saturated heterocycles. The van der Waals surface area contributed by atoms with Gasteiger partial charge in [-0.25, -0.2) is 0 Å². The quantitative estimate of drug-likeness (QED) is 0.609. The van der Waals surface area contributed by atoms with E-state index >= 15 is 0 Å². The minimum absolute atomic E-state index is 0.131. The van der Waals surface area contributed by atoms with Crippen LogP contribution in [0, 0.1) is 0 Å². The van der Waals surface area contributed by atoms with Crippen molar-refractivity contribution in [2.45, 2.75) is 30.7 Å². The summed E-state index contributed by atoms with van der Waals surface area (Å²) in [5, 5.41) is 3.30. The molecule has 3 heteroatoms. The third kappa shape index (κ3) is 3.43. The van der Waals surface area contributed by atoms with Crippen LogP contribution in [0.15, 0.2) is 23.1 Å². The lowest BCUT2D eigenvalue weighted by atomic mass is 9.95. The van der Waals surface area contributed by atoms with Gasteiger partial charge in [0.1, 0.15) is 0 Å². The Kier molecular flexibility index (Phi) is 4.05. The van der Waals surface area contributed by atoms with Crippen molar-refractivity contribution in [1.29, 1.82) is 0 Å². The van der Waals surface area contributed by atoms with Gasteiger partial charge in [0.15, 0.2) is 0 Å². The SMILES string of the molecule is CNC(C)(C)Cc1ccc(N)c(SC)c1. The van der Waals surface area contributed by atoms with Crippen LogP contribution in [0.4, 0.5) is 5.69 Å². The second-order valence-electron chi connectivity index (χ2n) is 4.39. The fourth-order valence-corrected chi connectivity index (χ4v) is 2.04. The number of anilines is 1. The van der Waals surface area contributed by atoms with Crippen molar-refractivity contribution in [3.8, 4) is 0 Å². The lowest BCUT2D eigenvalue weighted by Crippen LogP contribution is -2.38. The number of likely N-dealkylation sites (N-methyl/N-ethyl adjacent to an activating group) is 1. The Hall–Kier alpha value is -0.670. The Bertz CT molecular complexity index is 334. The maximum atomic E-state index is 5.86. The molecule has 0 aliphatic heterocycles. The third-order valence-electron chi connectivity index (χ3n) is 2.62. The van der Waals surface area contributed by atoms with Gasteiger partial charge in [-0.05, 0) is 51.3 Å². The summed E-state index contributed by atoms with van der Waals surface area (Å²) in [6.45, 7) is 4.39. The summed E-state index contributed by atoms with van der Waals surface area (Å²) in [6.07, 6.45) is 3.07. The van der Waals surface area contributed by atoms with E-state index in [1.54, 1.807) is 11.8 Å². The van der Waals surface area contributed by atoms with Crippen LogP contribution in [0.5, 0.6) is 0 Å². The zero-order valence-corrected chi connectivity index (χ0v) is 10.7. The van der Waals surface area contributed by atoms with Crippen LogP contribution < -0.4 is 11.1 Å². The molecular weight excluding hydrogens is 204 g/mol. The van der Waals surface area contributed by atoms with Crippen molar-refractivity contribution in [1.82, 2.24) is 5.32 Å². The average Bonchev–Trinajstić information content (AvgIpc) is 2.20. The molecular formula is C12H20N2S. The van der Waals surface area contributed by atoms with Crippen LogP contribution in [0.2, 0.25) is 0 Å². The van der Waals surface area contributed by atoms with Crippen molar-refractivity contribution < 1.29 is 0 Å². The molecule has 1 aromatic carbocycles. The van der Waals surface area contributed by atoms with Crippen LogP contribution in [0.25, 0.3) is 0 Å². The molecule has 2 nitrogen and oxygen atoms in total. The Balaban J connectivity index is 2.87. The van der Waals surface area contributed by atoms with Gasteiger partial charge in [-0.3, -0.25) is 0 Å². The second-order valence-corrected chi connectivity index (χ2v) is 5.24. The summed E-state index contributed by atoms with van der Waals surface area (Å²) in [5.74, 6) is 0. The monoisotopic (exact) mass is 224 g/mol. The van der Waals surface area contributed by atoms with Crippen LogP contribution in [-0.2, 0) is 6.42 Å². The van der Waals surface area contributed by atoms with Gasteiger partial charge in [-0.2, -0.15) is 0 Å². The smallest absolute Gasteiger partial charge is 0.0452 e. The van der Waals surface area contributed by atoms with Gasteiger partial charge in [0, 0.05) is 16.1 Å². The minimum atomic E-state index is 0.131. The maximum absolute atomic E-state index is 5.86. The second kappa shape index (κ2) is 4.90. The van der Waals surface area contributed by atoms with Crippen LogP contribution in [0.1, 0.15) is 19.4 Å². The number of thioether (sulfide) groups is 1. The van der Waals surface area contributed by atoms with Crippen molar-refractivity contribution in [3.63, 3.8) is 0 Å². The fourth-order valence-electron chi connectivity index (χ4n) is 1.46. The molecule has 84 valence electrons. The zero-order chi connectivity index (χ0) is 11.5. The number of nitrogen functional groups attached to an aromatic ring is 1. The first-order valence-corrected chi connectivity index (χ1v) is 6.32. The van der Waals surface area contributed by atoms with E-state index in [0.29, 0.717) is 0 Å². The topological polar surface area (TPSA) is 38.0 Å². The summed E-state index contributed by atoms with van der Waals surface area (Å²) in [6, 6.07) is 6.28. The molecule has 0 atom stereocenters. The first kappa shape index (κ1) is 12.4. The molecule has 0 amide bonds. The van der Waals surface area contributed by atoms with Crippen molar-refractivity contribution >= 4 is 17.4 Å². The molecule has 0 heterocycles. The third-order valence-corrected chi connectivity index (χ3v) is 3.41. The molecule has 0 fully saturated rings. The summed E-state index contributed by atoms with van der Waals surface area (Å²) in [7, 11) is 1.99. The van der Waals surface area contributed by atoms with Gasteiger partial charge in [0.2, 0.25) is 0 Å². The predicted molar refractivity (Wildman–Crippen MR) is 69.5 cm³/mol. The number of hydrogen-bond acceptors (Lipinski definition) is 3. The van der Waals surface area contributed by atoms with Crippen LogP contribution in [-0.4, -0.2) is 18.8 Å². The highest BCUT2D eigenvalue weighted by molar-refractivity contribution is 7.98. The highest BCUT2D eigenvalue weighted by Gasteiger charge is 2.15. The molecule has 0 saturated carbocycles. The first-order valence-electron chi connectivity index (χ1n) is 5.10. The summed E-state index contributed by atoms with van der Waals surface area (Å²) >= 11 is 1.70. The van der Waals surface area contributed by atoms with E-state index in [4.69, 9.17) is 5.73 Å². The molecule has 1 aromatic rings. The molecule has 0 bridgehead atoms. The lowest BCUT2D eigenvalue weighted by molar-refractivity contribution is 0.422. The average molecular weight is 224 g/mol. The molecule has 0 radical (unpaired) electrons. The number of rotatable bonds is 4. The molecule has 0 spiro atoms. The summed E-state index contributed by atoms with van der Waals surface area (Å²) < 4.78 is 0. The maximum Gasteiger partial charge on any atom is 0.0452 e. The van der Waals surface area contributed by atoms with Crippen molar-refractivity contribution in [2.75, 3.05) is 19.0 Å². The molecule has 15 heavy (non-hydrogen) atoms. The van der Waals surface area contributed by atoms with E-state index in [9.17, 15) is 0 Å². The molecule has 0 aliphatic carbocycles. The van der Waals surface area contributed by atoms with Gasteiger partial charge in [0.25, 0.3) is 0 Å². The highest BCUT2D eigenvalue weighted by atomic mass is 32.2. The molecule has 0 aliphatic rings. The Morgan fingerprint density at radius 2 is 2.07 bits per heavy atom. The van der Waals surface area contributed by atoms with Crippen molar-refractivity contribution in [3.05, 3.63) is 23.8 Å². The summed E-state index contributed by atoms with van der Waals surface area (Å²) in [4.78, 5) is 1.17. The van der Waals surface area contributed by atoms with E-state index in [1.807, 2.05) is 13.1 Å². The Morgan fingerprint density at radius 3 is 2.60 bits per heavy atom. The summed E-state index contributed by atoms with van der Waals surface area (Å²) in [5.41, 5.74) is 8.19. The molecule has 0 aromatic heterocycles. The zero-order valence-electron chi connectivity index (χ0n) is 9.92. The number of nitrogens with two attached hydrogens (primary N) is 1. The van der Waals surface area contributed by atoms with Gasteiger partial charge >= 0.3 is 0 Å². The normalized spacial score (nSPS) is 11.7. The lowest BCUT2D eigenvalue weighted by Gasteiger charge is -2.24. The van der Waals surface area contributed by atoms with Gasteiger partial charge in [-0.1, -0.05) is 6.07 Å². The highest BCUT2D eigenvalue weighted by Crippen LogP contribution is 2.25. The van der Waals surface area contributed by atoms with Crippen LogP contribution in [0.3, 0.4) is 0 Å². The van der Waals surface area contributed by atoms with Crippen LogP contribution >= 0.6 is 11.8 Å². The Morgan fingerprint density at radius 1 is 1.40 bits per heavy atom. The van der Waals surface area contributed by atoms with E-state index < -0.39 is 0 Å². The largest absolute Gasteiger partial charge is 0.398 e. The van der Waals surface area contributed by atoms with E-state index in [1.165, 1.54) is 10.5 Å². The van der Waals surface area contributed by atoms with Crippen molar-refractivity contribution in [2.24, 2.45) is 0 Å². The van der Waals surface area contributed by atoms with Gasteiger partial charge in [0.05, 0.1) is 0 Å².